The minimum atomic E-state index is -0.920. The third-order valence-electron chi connectivity index (χ3n) is 2.36. The fourth-order valence-corrected chi connectivity index (χ4v) is 1.23. The molecule has 0 aliphatic heterocycles. The van der Waals surface area contributed by atoms with Gasteiger partial charge in [-0.25, -0.2) is 0 Å². The Morgan fingerprint density at radius 1 is 1.12 bits per heavy atom. The van der Waals surface area contributed by atoms with Crippen LogP contribution in [0.3, 0.4) is 0 Å². The predicted molar refractivity (Wildman–Crippen MR) is 68.6 cm³/mol. The quantitative estimate of drug-likeness (QED) is 0.729. The molecule has 0 atom stereocenters. The van der Waals surface area contributed by atoms with E-state index >= 15 is 0 Å². The molecule has 2 nitrogen and oxygen atoms in total. The Morgan fingerprint density at radius 2 is 1.76 bits per heavy atom. The number of allylic oxidation sites excluding steroid dienone is 3. The van der Waals surface area contributed by atoms with Crippen LogP contribution in [0.2, 0.25) is 0 Å². The zero-order chi connectivity index (χ0) is 12.6. The van der Waals surface area contributed by atoms with Gasteiger partial charge in [0.05, 0.1) is 12.1 Å². The van der Waals surface area contributed by atoms with Gasteiger partial charge in [-0.05, 0) is 18.9 Å². The van der Waals surface area contributed by atoms with E-state index in [0.717, 1.165) is 5.56 Å². The van der Waals surface area contributed by atoms with E-state index in [2.05, 4.69) is 0 Å². The first-order chi connectivity index (χ1) is 8.20. The van der Waals surface area contributed by atoms with Crippen LogP contribution in [0.15, 0.2) is 48.6 Å². The van der Waals surface area contributed by atoms with E-state index in [4.69, 9.17) is 10.5 Å². The maximum absolute atomic E-state index is 8.80. The summed E-state index contributed by atoms with van der Waals surface area (Å²) in [7, 11) is 0. The van der Waals surface area contributed by atoms with Crippen molar-refractivity contribution in [2.24, 2.45) is 5.41 Å². The number of rotatable bonds is 4. The first kappa shape index (κ1) is 12.7. The van der Waals surface area contributed by atoms with Crippen molar-refractivity contribution in [3.63, 3.8) is 0 Å². The third kappa shape index (κ3) is 4.36. The summed E-state index contributed by atoms with van der Waals surface area (Å²) in [5.74, 6) is 0. The molecule has 0 aliphatic rings. The maximum Gasteiger partial charge on any atom is 0.144 e. The SMILES string of the molecule is CC(C#N)(C#N)C/C=C\C=C\c1ccccc1. The summed E-state index contributed by atoms with van der Waals surface area (Å²) in [5, 5.41) is 17.6. The lowest BCUT2D eigenvalue weighted by Gasteiger charge is -2.06. The lowest BCUT2D eigenvalue weighted by Crippen LogP contribution is -2.08. The summed E-state index contributed by atoms with van der Waals surface area (Å²) in [6.07, 6.45) is 8.03. The van der Waals surface area contributed by atoms with Gasteiger partial charge in [-0.3, -0.25) is 0 Å². The van der Waals surface area contributed by atoms with Gasteiger partial charge in [0.2, 0.25) is 0 Å². The Kier molecular flexibility index (Phi) is 4.73. The predicted octanol–water partition coefficient (Wildman–Crippen LogP) is 3.70. The standard InChI is InChI=1S/C15H14N2/c1-15(12-16,13-17)11-7-3-6-10-14-8-4-2-5-9-14/h2-10H,11H2,1H3/b7-3-,10-6+. The van der Waals surface area contributed by atoms with Crippen molar-refractivity contribution in [3.8, 4) is 12.1 Å². The lowest BCUT2D eigenvalue weighted by molar-refractivity contribution is 0.595. The van der Waals surface area contributed by atoms with Gasteiger partial charge in [0.25, 0.3) is 0 Å². The van der Waals surface area contributed by atoms with Gasteiger partial charge in [0, 0.05) is 0 Å². The molecule has 0 saturated carbocycles. The van der Waals surface area contributed by atoms with E-state index in [-0.39, 0.29) is 0 Å². The Bertz CT molecular complexity index is 470. The molecule has 84 valence electrons. The number of hydrogen-bond acceptors (Lipinski definition) is 2. The van der Waals surface area contributed by atoms with Gasteiger partial charge in [-0.15, -0.1) is 0 Å². The number of nitriles is 2. The molecule has 0 saturated heterocycles. The van der Waals surface area contributed by atoms with Crippen LogP contribution in [0.5, 0.6) is 0 Å². The molecule has 0 N–H and O–H groups in total. The van der Waals surface area contributed by atoms with E-state index in [1.54, 1.807) is 6.92 Å². The minimum Gasteiger partial charge on any atom is -0.197 e. The van der Waals surface area contributed by atoms with Crippen molar-refractivity contribution < 1.29 is 0 Å². The molecular formula is C15H14N2. The molecule has 17 heavy (non-hydrogen) atoms. The highest BCUT2D eigenvalue weighted by molar-refractivity contribution is 5.50. The van der Waals surface area contributed by atoms with Crippen molar-refractivity contribution in [2.75, 3.05) is 0 Å². The van der Waals surface area contributed by atoms with Crippen LogP contribution in [0.1, 0.15) is 18.9 Å². The fraction of sp³-hybridized carbons (Fsp3) is 0.200. The Balaban J connectivity index is 2.51. The molecule has 0 bridgehead atoms. The molecule has 0 spiro atoms. The highest BCUT2D eigenvalue weighted by Gasteiger charge is 2.20. The van der Waals surface area contributed by atoms with E-state index in [0.29, 0.717) is 6.42 Å². The molecule has 0 aromatic heterocycles. The Labute approximate surface area is 102 Å². The second-order valence-corrected chi connectivity index (χ2v) is 3.96. The van der Waals surface area contributed by atoms with E-state index in [1.807, 2.05) is 66.8 Å². The minimum absolute atomic E-state index is 0.444. The summed E-state index contributed by atoms with van der Waals surface area (Å²) in [4.78, 5) is 0. The topological polar surface area (TPSA) is 47.6 Å². The van der Waals surface area contributed by atoms with E-state index in [9.17, 15) is 0 Å². The molecule has 0 amide bonds. The van der Waals surface area contributed by atoms with Crippen molar-refractivity contribution in [2.45, 2.75) is 13.3 Å². The smallest absolute Gasteiger partial charge is 0.144 e. The molecule has 2 heteroatoms. The Morgan fingerprint density at radius 3 is 2.35 bits per heavy atom. The van der Waals surface area contributed by atoms with Gasteiger partial charge >= 0.3 is 0 Å². The molecule has 1 aromatic rings. The summed E-state index contributed by atoms with van der Waals surface area (Å²) < 4.78 is 0. The summed E-state index contributed by atoms with van der Waals surface area (Å²) in [5.41, 5.74) is 0.206. The van der Waals surface area contributed by atoms with Crippen LogP contribution >= 0.6 is 0 Å². The van der Waals surface area contributed by atoms with Crippen LogP contribution in [0.25, 0.3) is 6.08 Å². The van der Waals surface area contributed by atoms with Crippen molar-refractivity contribution in [3.05, 3.63) is 54.1 Å². The second-order valence-electron chi connectivity index (χ2n) is 3.96. The summed E-state index contributed by atoms with van der Waals surface area (Å²) in [6.45, 7) is 1.64. The van der Waals surface area contributed by atoms with Crippen molar-refractivity contribution in [1.29, 1.82) is 10.5 Å². The average Bonchev–Trinajstić information content (AvgIpc) is 2.39. The molecule has 1 aromatic carbocycles. The van der Waals surface area contributed by atoms with Gasteiger partial charge in [-0.1, -0.05) is 54.6 Å². The first-order valence-electron chi connectivity index (χ1n) is 5.41. The van der Waals surface area contributed by atoms with Crippen LogP contribution in [-0.4, -0.2) is 0 Å². The highest BCUT2D eigenvalue weighted by Crippen LogP contribution is 2.18. The lowest BCUT2D eigenvalue weighted by atomic mass is 9.90. The van der Waals surface area contributed by atoms with Gasteiger partial charge in [0.15, 0.2) is 0 Å². The van der Waals surface area contributed by atoms with Crippen molar-refractivity contribution >= 4 is 6.08 Å². The van der Waals surface area contributed by atoms with Crippen LogP contribution < -0.4 is 0 Å². The number of hydrogen-bond donors (Lipinski definition) is 0. The molecule has 0 fully saturated rings. The van der Waals surface area contributed by atoms with Crippen molar-refractivity contribution in [1.82, 2.24) is 0 Å². The van der Waals surface area contributed by atoms with Crippen LogP contribution in [-0.2, 0) is 0 Å². The van der Waals surface area contributed by atoms with E-state index in [1.165, 1.54) is 0 Å². The molecule has 0 radical (unpaired) electrons. The fourth-order valence-electron chi connectivity index (χ4n) is 1.23. The van der Waals surface area contributed by atoms with Gasteiger partial charge in [-0.2, -0.15) is 10.5 Å². The normalized spacial score (nSPS) is 11.5. The summed E-state index contributed by atoms with van der Waals surface area (Å²) >= 11 is 0. The molecular weight excluding hydrogens is 208 g/mol. The van der Waals surface area contributed by atoms with Crippen LogP contribution in [0.4, 0.5) is 0 Å². The average molecular weight is 222 g/mol. The van der Waals surface area contributed by atoms with Crippen LogP contribution in [0, 0.1) is 28.1 Å². The zero-order valence-corrected chi connectivity index (χ0v) is 9.80. The monoisotopic (exact) mass is 222 g/mol. The Hall–Kier alpha value is -2.32. The number of nitrogens with zero attached hydrogens (tertiary/aromatic N) is 2. The first-order valence-corrected chi connectivity index (χ1v) is 5.41. The highest BCUT2D eigenvalue weighted by atomic mass is 14.4. The summed E-state index contributed by atoms with van der Waals surface area (Å²) in [6, 6.07) is 14.0. The van der Waals surface area contributed by atoms with E-state index < -0.39 is 5.41 Å². The zero-order valence-electron chi connectivity index (χ0n) is 9.80. The largest absolute Gasteiger partial charge is 0.197 e. The molecule has 0 aliphatic carbocycles. The number of benzene rings is 1. The molecule has 0 heterocycles. The van der Waals surface area contributed by atoms with Gasteiger partial charge < -0.3 is 0 Å². The second kappa shape index (κ2) is 6.30. The molecule has 1 rings (SSSR count). The third-order valence-corrected chi connectivity index (χ3v) is 2.36. The molecule has 0 unspecified atom stereocenters. The maximum atomic E-state index is 8.80. The van der Waals surface area contributed by atoms with Gasteiger partial charge in [0.1, 0.15) is 5.41 Å².